The van der Waals surface area contributed by atoms with Gasteiger partial charge >= 0.3 is 6.36 Å². The first-order valence-electron chi connectivity index (χ1n) is 9.64. The molecule has 4 rings (SSSR count). The number of carbonyl (C=O) groups is 1. The predicted octanol–water partition coefficient (Wildman–Crippen LogP) is 4.12. The summed E-state index contributed by atoms with van der Waals surface area (Å²) in [6.45, 7) is 2.42. The third-order valence-electron chi connectivity index (χ3n) is 5.75. The fourth-order valence-electron chi connectivity index (χ4n) is 4.34. The van der Waals surface area contributed by atoms with Crippen LogP contribution in [0.3, 0.4) is 0 Å². The van der Waals surface area contributed by atoms with Crippen LogP contribution in [0.15, 0.2) is 30.3 Å². The average molecular weight is 423 g/mol. The van der Waals surface area contributed by atoms with Gasteiger partial charge in [-0.1, -0.05) is 0 Å². The maximum Gasteiger partial charge on any atom is 0.573 e. The topological polar surface area (TPSA) is 54.5 Å². The molecule has 1 aromatic heterocycles. The second kappa shape index (κ2) is 7.23. The number of alkyl halides is 3. The van der Waals surface area contributed by atoms with E-state index in [4.69, 9.17) is 0 Å². The number of hydrogen-bond donors (Lipinski definition) is 1. The molecule has 9 heteroatoms. The van der Waals surface area contributed by atoms with Crippen molar-refractivity contribution >= 4 is 5.91 Å². The first-order chi connectivity index (χ1) is 14.1. The maximum absolute atomic E-state index is 14.4. The first-order valence-corrected chi connectivity index (χ1v) is 9.64. The Bertz CT molecular complexity index is 995. The van der Waals surface area contributed by atoms with E-state index in [1.807, 2.05) is 0 Å². The molecule has 3 heterocycles. The molecule has 0 saturated carbocycles. The Kier molecular flexibility index (Phi) is 4.96. The van der Waals surface area contributed by atoms with Gasteiger partial charge in [0.2, 0.25) is 5.91 Å². The van der Waals surface area contributed by atoms with Crippen molar-refractivity contribution in [2.45, 2.75) is 44.1 Å². The number of nitrogens with zero attached hydrogens (tertiary/aromatic N) is 2. The van der Waals surface area contributed by atoms with Gasteiger partial charge in [0.1, 0.15) is 17.1 Å². The van der Waals surface area contributed by atoms with Crippen LogP contribution in [0.5, 0.6) is 5.75 Å². The Morgan fingerprint density at radius 2 is 2.00 bits per heavy atom. The van der Waals surface area contributed by atoms with Crippen molar-refractivity contribution in [3.63, 3.8) is 0 Å². The first kappa shape index (κ1) is 20.6. The van der Waals surface area contributed by atoms with Gasteiger partial charge < -0.3 is 9.64 Å². The van der Waals surface area contributed by atoms with Gasteiger partial charge in [-0.15, -0.1) is 13.2 Å². The van der Waals surface area contributed by atoms with Crippen LogP contribution in [0.4, 0.5) is 17.6 Å². The normalized spacial score (nSPS) is 24.1. The molecule has 5 nitrogen and oxygen atoms in total. The van der Waals surface area contributed by atoms with Crippen molar-refractivity contribution in [1.82, 2.24) is 15.2 Å². The molecule has 2 aliphatic heterocycles. The van der Waals surface area contributed by atoms with E-state index < -0.39 is 23.5 Å². The number of hydrogen-bond acceptors (Lipinski definition) is 4. The number of nitrogens with one attached hydrogen (secondary N) is 1. The second-order valence-corrected chi connectivity index (χ2v) is 7.91. The standard InChI is InChI=1S/C21H21F4N3O2/c1-12-9-13(15-11-14(3-4-16(15)22)30-21(23,24)25)10-18(26-12)17-5-6-20(27-17)7-8-28(2)19(20)29/h3-4,9-11,17,27H,5-8H2,1-2H3/t17-,20+/m1/s1. The number of aryl methyl sites for hydroxylation is 1. The number of amides is 1. The Hall–Kier alpha value is -2.68. The minimum absolute atomic E-state index is 0.00659. The lowest BCUT2D eigenvalue weighted by Gasteiger charge is -2.23. The summed E-state index contributed by atoms with van der Waals surface area (Å²) in [7, 11) is 1.77. The fourth-order valence-corrected chi connectivity index (χ4v) is 4.34. The molecule has 2 saturated heterocycles. The summed E-state index contributed by atoms with van der Waals surface area (Å²) in [4.78, 5) is 18.8. The number of carbonyl (C=O) groups excluding carboxylic acids is 1. The van der Waals surface area contributed by atoms with E-state index in [1.54, 1.807) is 31.0 Å². The smallest absolute Gasteiger partial charge is 0.406 e. The zero-order valence-corrected chi connectivity index (χ0v) is 16.5. The van der Waals surface area contributed by atoms with Crippen LogP contribution in [0.2, 0.25) is 0 Å². The molecule has 1 N–H and O–H groups in total. The molecule has 2 aliphatic rings. The molecule has 30 heavy (non-hydrogen) atoms. The van der Waals surface area contributed by atoms with Gasteiger partial charge in [0, 0.05) is 24.8 Å². The summed E-state index contributed by atoms with van der Waals surface area (Å²) in [5.74, 6) is -1.10. The number of likely N-dealkylation sites (tertiary alicyclic amines) is 1. The molecule has 0 bridgehead atoms. The number of rotatable bonds is 3. The van der Waals surface area contributed by atoms with Crippen LogP contribution in [-0.2, 0) is 4.79 Å². The largest absolute Gasteiger partial charge is 0.573 e. The van der Waals surface area contributed by atoms with Gasteiger partial charge in [-0.2, -0.15) is 0 Å². The molecular formula is C21H21F4N3O2. The van der Waals surface area contributed by atoms with Crippen LogP contribution in [0, 0.1) is 12.7 Å². The SMILES string of the molecule is Cc1cc(-c2cc(OC(F)(F)F)ccc2F)cc([C@H]2CC[C@@]3(CCN(C)C3=O)N2)n1. The molecule has 2 aromatic rings. The molecule has 0 radical (unpaired) electrons. The highest BCUT2D eigenvalue weighted by molar-refractivity contribution is 5.88. The molecule has 160 valence electrons. The third kappa shape index (κ3) is 3.86. The molecule has 1 amide bonds. The van der Waals surface area contributed by atoms with Gasteiger partial charge in [-0.3, -0.25) is 15.1 Å². The van der Waals surface area contributed by atoms with E-state index in [-0.39, 0.29) is 17.5 Å². The monoisotopic (exact) mass is 423 g/mol. The Labute approximate surface area is 171 Å². The van der Waals surface area contributed by atoms with Crippen molar-refractivity contribution in [2.75, 3.05) is 13.6 Å². The lowest BCUT2D eigenvalue weighted by molar-refractivity contribution is -0.274. The van der Waals surface area contributed by atoms with E-state index in [1.165, 1.54) is 0 Å². The third-order valence-corrected chi connectivity index (χ3v) is 5.75. The van der Waals surface area contributed by atoms with E-state index in [9.17, 15) is 22.4 Å². The van der Waals surface area contributed by atoms with Crippen LogP contribution < -0.4 is 10.1 Å². The fraction of sp³-hybridized carbons (Fsp3) is 0.429. The summed E-state index contributed by atoms with van der Waals surface area (Å²) in [6.07, 6.45) is -2.79. The van der Waals surface area contributed by atoms with E-state index >= 15 is 0 Å². The molecule has 2 fully saturated rings. The predicted molar refractivity (Wildman–Crippen MR) is 101 cm³/mol. The maximum atomic E-state index is 14.4. The van der Waals surface area contributed by atoms with Crippen LogP contribution in [0.1, 0.15) is 36.7 Å². The molecule has 1 aromatic carbocycles. The average Bonchev–Trinajstić information content (AvgIpc) is 3.22. The van der Waals surface area contributed by atoms with Crippen molar-refractivity contribution in [2.24, 2.45) is 0 Å². The summed E-state index contributed by atoms with van der Waals surface area (Å²) < 4.78 is 56.0. The van der Waals surface area contributed by atoms with Crippen LogP contribution >= 0.6 is 0 Å². The summed E-state index contributed by atoms with van der Waals surface area (Å²) in [5.41, 5.74) is 1.03. The van der Waals surface area contributed by atoms with E-state index in [0.717, 1.165) is 18.2 Å². The Balaban J connectivity index is 1.65. The Morgan fingerprint density at radius 3 is 2.67 bits per heavy atom. The lowest BCUT2D eigenvalue weighted by atomic mass is 9.96. The van der Waals surface area contributed by atoms with Crippen molar-refractivity contribution in [3.05, 3.63) is 47.5 Å². The quantitative estimate of drug-likeness (QED) is 0.755. The van der Waals surface area contributed by atoms with Gasteiger partial charge in [-0.05, 0) is 62.1 Å². The van der Waals surface area contributed by atoms with E-state index in [0.29, 0.717) is 42.8 Å². The summed E-state index contributed by atoms with van der Waals surface area (Å²) >= 11 is 0. The summed E-state index contributed by atoms with van der Waals surface area (Å²) in [5, 5.41) is 3.40. The molecule has 0 unspecified atom stereocenters. The lowest BCUT2D eigenvalue weighted by Crippen LogP contribution is -2.47. The summed E-state index contributed by atoms with van der Waals surface area (Å²) in [6, 6.07) is 5.98. The van der Waals surface area contributed by atoms with Crippen molar-refractivity contribution < 1.29 is 27.1 Å². The number of halogens is 4. The highest BCUT2D eigenvalue weighted by Gasteiger charge is 2.50. The highest BCUT2D eigenvalue weighted by Crippen LogP contribution is 2.40. The zero-order chi connectivity index (χ0) is 21.7. The van der Waals surface area contributed by atoms with Gasteiger partial charge in [0.15, 0.2) is 0 Å². The van der Waals surface area contributed by atoms with Crippen molar-refractivity contribution in [3.8, 4) is 16.9 Å². The number of likely N-dealkylation sites (N-methyl/N-ethyl adjacent to an activating group) is 1. The van der Waals surface area contributed by atoms with Crippen molar-refractivity contribution in [1.29, 1.82) is 0 Å². The van der Waals surface area contributed by atoms with Gasteiger partial charge in [0.25, 0.3) is 0 Å². The molecular weight excluding hydrogens is 402 g/mol. The number of ether oxygens (including phenoxy) is 1. The van der Waals surface area contributed by atoms with Crippen LogP contribution in [0.25, 0.3) is 11.1 Å². The zero-order valence-electron chi connectivity index (χ0n) is 16.5. The molecule has 0 aliphatic carbocycles. The Morgan fingerprint density at radius 1 is 1.23 bits per heavy atom. The number of pyridine rings is 1. The second-order valence-electron chi connectivity index (χ2n) is 7.91. The molecule has 2 atom stereocenters. The van der Waals surface area contributed by atoms with Gasteiger partial charge in [0.05, 0.1) is 11.7 Å². The minimum Gasteiger partial charge on any atom is -0.406 e. The minimum atomic E-state index is -4.86. The van der Waals surface area contributed by atoms with Crippen LogP contribution in [-0.4, -0.2) is 41.3 Å². The van der Waals surface area contributed by atoms with E-state index in [2.05, 4.69) is 15.0 Å². The molecule has 1 spiro atoms. The van der Waals surface area contributed by atoms with Gasteiger partial charge in [-0.25, -0.2) is 4.39 Å². The highest BCUT2D eigenvalue weighted by atomic mass is 19.4. The number of aromatic nitrogens is 1. The number of benzene rings is 1.